The summed E-state index contributed by atoms with van der Waals surface area (Å²) in [6.45, 7) is 0. The number of hydrogen-bond donors (Lipinski definition) is 1. The van der Waals surface area contributed by atoms with E-state index < -0.39 is 33.5 Å². The molecule has 0 radical (unpaired) electrons. The highest BCUT2D eigenvalue weighted by Gasteiger charge is 2.67. The van der Waals surface area contributed by atoms with Gasteiger partial charge >= 0.3 is 0 Å². The van der Waals surface area contributed by atoms with Crippen LogP contribution in [-0.4, -0.2) is 33.6 Å². The summed E-state index contributed by atoms with van der Waals surface area (Å²) < 4.78 is -1.32. The van der Waals surface area contributed by atoms with Crippen LogP contribution in [0.4, 0.5) is 5.69 Å². The largest absolute Gasteiger partial charge is 0.326 e. The van der Waals surface area contributed by atoms with Crippen molar-refractivity contribution in [2.45, 2.75) is 28.6 Å². The molecule has 2 aromatic rings. The molecule has 2 saturated carbocycles. The SMILES string of the molecule is CN(C(=O)c1cc(NC(=O)C2C(c3cc(Cl)cc(Cl)c3)C2(Cl)Cl)ccc1Cl)C1(C#N)CC1. The number of halogens is 5. The summed E-state index contributed by atoms with van der Waals surface area (Å²) in [6, 6.07) is 11.7. The third kappa shape index (κ3) is 4.16. The summed E-state index contributed by atoms with van der Waals surface area (Å²) in [7, 11) is 1.57. The number of anilines is 1. The molecule has 0 aliphatic heterocycles. The van der Waals surface area contributed by atoms with Gasteiger partial charge in [-0.1, -0.05) is 34.8 Å². The van der Waals surface area contributed by atoms with Crippen molar-refractivity contribution in [1.29, 1.82) is 5.26 Å². The van der Waals surface area contributed by atoms with Crippen LogP contribution in [0.15, 0.2) is 36.4 Å². The number of amides is 2. The average molecular weight is 532 g/mol. The van der Waals surface area contributed by atoms with Crippen molar-refractivity contribution in [2.75, 3.05) is 12.4 Å². The molecule has 2 unspecified atom stereocenters. The van der Waals surface area contributed by atoms with Crippen molar-refractivity contribution in [3.8, 4) is 6.07 Å². The molecule has 10 heteroatoms. The second-order valence-electron chi connectivity index (χ2n) is 8.02. The number of carbonyl (C=O) groups excluding carboxylic acids is 2. The molecular formula is C22H16Cl5N3O2. The minimum absolute atomic E-state index is 0.186. The molecule has 2 aromatic carbocycles. The molecule has 0 heterocycles. The van der Waals surface area contributed by atoms with Gasteiger partial charge in [0.25, 0.3) is 5.91 Å². The van der Waals surface area contributed by atoms with Crippen molar-refractivity contribution in [1.82, 2.24) is 4.90 Å². The van der Waals surface area contributed by atoms with Gasteiger partial charge in [0.1, 0.15) is 9.87 Å². The monoisotopic (exact) mass is 529 g/mol. The number of nitriles is 1. The van der Waals surface area contributed by atoms with E-state index in [1.54, 1.807) is 31.3 Å². The smallest absolute Gasteiger partial charge is 0.256 e. The van der Waals surface area contributed by atoms with Gasteiger partial charge in [0.05, 0.1) is 22.6 Å². The molecular weight excluding hydrogens is 516 g/mol. The van der Waals surface area contributed by atoms with Crippen molar-refractivity contribution >= 4 is 75.5 Å². The topological polar surface area (TPSA) is 73.2 Å². The normalized spacial score (nSPS) is 21.9. The average Bonchev–Trinajstić information content (AvgIpc) is 3.62. The minimum Gasteiger partial charge on any atom is -0.326 e. The zero-order valence-corrected chi connectivity index (χ0v) is 20.4. The number of rotatable bonds is 5. The van der Waals surface area contributed by atoms with Gasteiger partial charge < -0.3 is 10.2 Å². The van der Waals surface area contributed by atoms with Crippen LogP contribution in [-0.2, 0) is 4.79 Å². The van der Waals surface area contributed by atoms with E-state index >= 15 is 0 Å². The molecule has 0 bridgehead atoms. The Bertz CT molecular complexity index is 1150. The molecule has 0 saturated heterocycles. The molecule has 0 spiro atoms. The van der Waals surface area contributed by atoms with Crippen LogP contribution in [0.3, 0.4) is 0 Å². The molecule has 5 nitrogen and oxygen atoms in total. The lowest BCUT2D eigenvalue weighted by molar-refractivity contribution is -0.117. The van der Waals surface area contributed by atoms with Crippen molar-refractivity contribution < 1.29 is 9.59 Å². The van der Waals surface area contributed by atoms with Gasteiger partial charge in [-0.3, -0.25) is 9.59 Å². The fourth-order valence-electron chi connectivity index (χ4n) is 3.83. The van der Waals surface area contributed by atoms with Gasteiger partial charge in [0.15, 0.2) is 0 Å². The second kappa shape index (κ2) is 8.27. The van der Waals surface area contributed by atoms with E-state index in [4.69, 9.17) is 58.0 Å². The Morgan fingerprint density at radius 1 is 1.09 bits per heavy atom. The van der Waals surface area contributed by atoms with Crippen molar-refractivity contribution in [3.63, 3.8) is 0 Å². The van der Waals surface area contributed by atoms with Crippen LogP contribution in [0.1, 0.15) is 34.7 Å². The quantitative estimate of drug-likeness (QED) is 0.460. The van der Waals surface area contributed by atoms with Gasteiger partial charge in [0.2, 0.25) is 5.91 Å². The summed E-state index contributed by atoms with van der Waals surface area (Å²) >= 11 is 31.2. The summed E-state index contributed by atoms with van der Waals surface area (Å²) in [5, 5.41) is 13.2. The Morgan fingerprint density at radius 3 is 2.28 bits per heavy atom. The Kier molecular flexibility index (Phi) is 6.07. The van der Waals surface area contributed by atoms with Crippen LogP contribution in [0.5, 0.6) is 0 Å². The maximum Gasteiger partial charge on any atom is 0.256 e. The summed E-state index contributed by atoms with van der Waals surface area (Å²) in [5.41, 5.74) is 0.408. The van der Waals surface area contributed by atoms with Crippen LogP contribution in [0.2, 0.25) is 15.1 Å². The minimum atomic E-state index is -1.32. The van der Waals surface area contributed by atoms with E-state index in [9.17, 15) is 14.9 Å². The molecule has 0 aromatic heterocycles. The van der Waals surface area contributed by atoms with Crippen molar-refractivity contribution in [3.05, 3.63) is 62.6 Å². The Morgan fingerprint density at radius 2 is 1.72 bits per heavy atom. The third-order valence-corrected chi connectivity index (χ3v) is 7.63. The van der Waals surface area contributed by atoms with Crippen molar-refractivity contribution in [2.24, 2.45) is 5.92 Å². The van der Waals surface area contributed by atoms with E-state index in [-0.39, 0.29) is 10.6 Å². The van der Waals surface area contributed by atoms with E-state index in [0.29, 0.717) is 34.1 Å². The standard InChI is InChI=1S/C22H16Cl5N3O2/c1-30(21(10-28)4-5-21)20(32)15-9-14(2-3-16(15)25)29-19(31)18-17(22(18,26)27)11-6-12(23)8-13(24)7-11/h2-3,6-9,17-18H,4-5H2,1H3,(H,29,31). The third-order valence-electron chi connectivity index (χ3n) is 5.92. The lowest BCUT2D eigenvalue weighted by Crippen LogP contribution is -2.38. The van der Waals surface area contributed by atoms with Crippen LogP contribution < -0.4 is 5.32 Å². The highest BCUT2D eigenvalue weighted by Crippen LogP contribution is 2.65. The molecule has 2 aliphatic rings. The van der Waals surface area contributed by atoms with Crippen LogP contribution in [0, 0.1) is 17.2 Å². The van der Waals surface area contributed by atoms with Gasteiger partial charge in [-0.15, -0.1) is 23.2 Å². The Hall–Kier alpha value is -1.68. The molecule has 2 fully saturated rings. The number of hydrogen-bond acceptors (Lipinski definition) is 3. The first kappa shape index (κ1) is 23.5. The molecule has 4 rings (SSSR count). The van der Waals surface area contributed by atoms with E-state index in [0.717, 1.165) is 0 Å². The predicted octanol–water partition coefficient (Wildman–Crippen LogP) is 6.30. The molecule has 166 valence electrons. The highest BCUT2D eigenvalue weighted by atomic mass is 35.5. The lowest BCUT2D eigenvalue weighted by atomic mass is 10.1. The highest BCUT2D eigenvalue weighted by molar-refractivity contribution is 6.53. The first-order valence-corrected chi connectivity index (χ1v) is 11.5. The number of nitrogens with one attached hydrogen (secondary N) is 1. The number of nitrogens with zero attached hydrogens (tertiary/aromatic N) is 2. The number of alkyl halides is 2. The van der Waals surface area contributed by atoms with Crippen LogP contribution in [0.25, 0.3) is 0 Å². The number of benzene rings is 2. The van der Waals surface area contributed by atoms with E-state index in [2.05, 4.69) is 11.4 Å². The van der Waals surface area contributed by atoms with E-state index in [1.165, 1.54) is 17.0 Å². The summed E-state index contributed by atoms with van der Waals surface area (Å²) in [4.78, 5) is 27.2. The van der Waals surface area contributed by atoms with Gasteiger partial charge in [-0.25, -0.2) is 0 Å². The van der Waals surface area contributed by atoms with Gasteiger partial charge in [0, 0.05) is 28.7 Å². The molecule has 32 heavy (non-hydrogen) atoms. The maximum absolute atomic E-state index is 12.9. The Balaban J connectivity index is 1.53. The molecule has 2 atom stereocenters. The van der Waals surface area contributed by atoms with Gasteiger partial charge in [-0.05, 0) is 54.8 Å². The maximum atomic E-state index is 12.9. The summed E-state index contributed by atoms with van der Waals surface area (Å²) in [5.74, 6) is -2.05. The fourth-order valence-corrected chi connectivity index (χ4v) is 5.39. The zero-order chi connectivity index (χ0) is 23.4. The zero-order valence-electron chi connectivity index (χ0n) is 16.6. The lowest BCUT2D eigenvalue weighted by Gasteiger charge is -2.23. The van der Waals surface area contributed by atoms with Gasteiger partial charge in [-0.2, -0.15) is 5.26 Å². The molecule has 2 amide bonds. The second-order valence-corrected chi connectivity index (χ2v) is 10.7. The molecule has 1 N–H and O–H groups in total. The summed E-state index contributed by atoms with van der Waals surface area (Å²) in [6.07, 6.45) is 1.23. The first-order chi connectivity index (χ1) is 15.0. The Labute approximate surface area is 210 Å². The fraction of sp³-hybridized carbons (Fsp3) is 0.318. The molecule has 2 aliphatic carbocycles. The van der Waals surface area contributed by atoms with E-state index in [1.807, 2.05) is 0 Å². The predicted molar refractivity (Wildman–Crippen MR) is 127 cm³/mol. The first-order valence-electron chi connectivity index (χ1n) is 9.64. The van der Waals surface area contributed by atoms with Crippen LogP contribution >= 0.6 is 58.0 Å². The number of carbonyl (C=O) groups is 2.